The van der Waals surface area contributed by atoms with E-state index in [1.165, 1.54) is 0 Å². The minimum Gasteiger partial charge on any atom is -1.00 e. The van der Waals surface area contributed by atoms with Crippen molar-refractivity contribution in [2.75, 3.05) is 0 Å². The van der Waals surface area contributed by atoms with E-state index >= 15 is 0 Å². The molecule has 0 amide bonds. The number of hydrogen-bond acceptors (Lipinski definition) is 2. The maximum atomic E-state index is 9.79. The van der Waals surface area contributed by atoms with E-state index in [-0.39, 0.29) is 50.2 Å². The molecule has 10 heavy (non-hydrogen) atoms. The molecule has 0 spiro atoms. The predicted molar refractivity (Wildman–Crippen MR) is 30.2 cm³/mol. The quantitative estimate of drug-likeness (QED) is 0.439. The average molecular weight is 156 g/mol. The Kier molecular flexibility index (Phi) is 8.89. The van der Waals surface area contributed by atoms with Crippen LogP contribution in [0.1, 0.15) is 20.7 Å². The molecule has 0 aromatic heterocycles. The Morgan fingerprint density at radius 1 is 1.10 bits per heavy atom. The molecule has 0 rings (SSSR count). The molecule has 4 nitrogen and oxygen atoms in total. The van der Waals surface area contributed by atoms with Gasteiger partial charge in [0.1, 0.15) is 0 Å². The van der Waals surface area contributed by atoms with E-state index in [0.29, 0.717) is 0 Å². The number of aliphatic carboxylic acids is 2. The van der Waals surface area contributed by atoms with Crippen molar-refractivity contribution in [1.82, 2.24) is 0 Å². The van der Waals surface area contributed by atoms with Crippen molar-refractivity contribution in [3.63, 3.8) is 0 Å². The largest absolute Gasteiger partial charge is 1.00 e. The van der Waals surface area contributed by atoms with Crippen molar-refractivity contribution in [2.45, 2.75) is 19.3 Å². The van der Waals surface area contributed by atoms with Crippen LogP contribution in [0.25, 0.3) is 0 Å². The van der Waals surface area contributed by atoms with Crippen LogP contribution in [0.2, 0.25) is 0 Å². The van der Waals surface area contributed by atoms with E-state index < -0.39 is 11.9 Å². The second-order valence-electron chi connectivity index (χ2n) is 1.64. The molecule has 0 heterocycles. The summed E-state index contributed by atoms with van der Waals surface area (Å²) >= 11 is 0. The van der Waals surface area contributed by atoms with Gasteiger partial charge in [0.05, 0.1) is 0 Å². The zero-order valence-corrected chi connectivity index (χ0v) is 7.83. The number of rotatable bonds is 4. The first-order valence-corrected chi connectivity index (χ1v) is 2.56. The molecular weight excluding hydrogens is 147 g/mol. The monoisotopic (exact) mass is 156 g/mol. The van der Waals surface area contributed by atoms with Gasteiger partial charge in [0.15, 0.2) is 0 Å². The number of hydrogen-bond donors (Lipinski definition) is 2. The number of carboxylic acid groups (broad SMARTS) is 2. The molecule has 5 heteroatoms. The van der Waals surface area contributed by atoms with Crippen molar-refractivity contribution < 1.29 is 50.8 Å². The summed E-state index contributed by atoms with van der Waals surface area (Å²) in [6, 6.07) is 0. The maximum Gasteiger partial charge on any atom is 1.00 e. The Morgan fingerprint density at radius 2 is 1.40 bits per heavy atom. The third kappa shape index (κ3) is 10.8. The summed E-state index contributed by atoms with van der Waals surface area (Å²) in [5.41, 5.74) is 0. The summed E-state index contributed by atoms with van der Waals surface area (Å²) < 4.78 is 0. The van der Waals surface area contributed by atoms with Crippen molar-refractivity contribution in [3.05, 3.63) is 0 Å². The maximum absolute atomic E-state index is 9.79. The number of carboxylic acids is 2. The van der Waals surface area contributed by atoms with Gasteiger partial charge in [0.2, 0.25) is 0 Å². The van der Waals surface area contributed by atoms with Gasteiger partial charge in [-0.1, -0.05) is 0 Å². The van der Waals surface area contributed by atoms with Crippen LogP contribution in [0.3, 0.4) is 0 Å². The zero-order valence-electron chi connectivity index (χ0n) is 6.83. The molecule has 0 aliphatic carbocycles. The van der Waals surface area contributed by atoms with Gasteiger partial charge >= 0.3 is 41.5 Å². The molecular formula is C5H9NaO4. The summed E-state index contributed by atoms with van der Waals surface area (Å²) in [5.74, 6) is -1.90. The molecule has 54 valence electrons. The van der Waals surface area contributed by atoms with Crippen LogP contribution >= 0.6 is 0 Å². The van der Waals surface area contributed by atoms with E-state index in [9.17, 15) is 9.59 Å². The van der Waals surface area contributed by atoms with Crippen LogP contribution in [0.15, 0.2) is 0 Å². The van der Waals surface area contributed by atoms with Gasteiger partial charge in [-0.15, -0.1) is 0 Å². The summed E-state index contributed by atoms with van der Waals surface area (Å²) in [6.07, 6.45) is 0.0866. The van der Waals surface area contributed by atoms with Crippen LogP contribution < -0.4 is 29.6 Å². The third-order valence-corrected chi connectivity index (χ3v) is 0.781. The van der Waals surface area contributed by atoms with Crippen LogP contribution in [0.5, 0.6) is 0 Å². The first-order valence-electron chi connectivity index (χ1n) is 2.56. The normalized spacial score (nSPS) is 8.00. The standard InChI is InChI=1S/C5H8O4.Na.H/c6-4(7)2-1-3-5(8)9;;/h1-3H2,(H,6,7)(H,8,9);;/q;+1;-1. The second kappa shape index (κ2) is 7.05. The smallest absolute Gasteiger partial charge is 1.00 e. The molecule has 0 aliphatic heterocycles. The summed E-state index contributed by atoms with van der Waals surface area (Å²) in [4.78, 5) is 19.6. The minimum atomic E-state index is -0.948. The van der Waals surface area contributed by atoms with E-state index in [2.05, 4.69) is 0 Å². The fourth-order valence-electron chi connectivity index (χ4n) is 0.391. The van der Waals surface area contributed by atoms with Crippen molar-refractivity contribution in [2.24, 2.45) is 0 Å². The van der Waals surface area contributed by atoms with Crippen molar-refractivity contribution in [3.8, 4) is 0 Å². The van der Waals surface area contributed by atoms with Gasteiger partial charge in [-0.2, -0.15) is 0 Å². The van der Waals surface area contributed by atoms with Crippen molar-refractivity contribution >= 4 is 11.9 Å². The molecule has 0 aliphatic rings. The van der Waals surface area contributed by atoms with Gasteiger partial charge < -0.3 is 11.6 Å². The molecule has 0 unspecified atom stereocenters. The van der Waals surface area contributed by atoms with Crippen LogP contribution in [0.4, 0.5) is 0 Å². The molecule has 0 atom stereocenters. The van der Waals surface area contributed by atoms with Crippen molar-refractivity contribution in [1.29, 1.82) is 0 Å². The summed E-state index contributed by atoms with van der Waals surface area (Å²) in [7, 11) is 0. The Hall–Kier alpha value is -0.0600. The van der Waals surface area contributed by atoms with Crippen LogP contribution in [-0.4, -0.2) is 22.2 Å². The van der Waals surface area contributed by atoms with E-state index in [1.807, 2.05) is 0 Å². The summed E-state index contributed by atoms with van der Waals surface area (Å²) in [5, 5.41) is 16.1. The minimum absolute atomic E-state index is 0. The van der Waals surface area contributed by atoms with E-state index in [1.54, 1.807) is 0 Å². The number of carbonyl (C=O) groups is 2. The van der Waals surface area contributed by atoms with Gasteiger partial charge in [0.25, 0.3) is 0 Å². The van der Waals surface area contributed by atoms with Gasteiger partial charge in [0, 0.05) is 12.8 Å². The topological polar surface area (TPSA) is 74.6 Å². The van der Waals surface area contributed by atoms with Gasteiger partial charge in [-0.3, -0.25) is 9.59 Å². The third-order valence-electron chi connectivity index (χ3n) is 0.781. The zero-order chi connectivity index (χ0) is 7.28. The fraction of sp³-hybridized carbons (Fsp3) is 0.600. The van der Waals surface area contributed by atoms with Crippen LogP contribution in [-0.2, 0) is 9.59 Å². The fourth-order valence-corrected chi connectivity index (χ4v) is 0.391. The Labute approximate surface area is 82.0 Å². The van der Waals surface area contributed by atoms with Crippen LogP contribution in [0, 0.1) is 0 Å². The predicted octanol–water partition coefficient (Wildman–Crippen LogP) is -2.56. The molecule has 0 saturated heterocycles. The first-order chi connectivity index (χ1) is 4.13. The van der Waals surface area contributed by atoms with E-state index in [4.69, 9.17) is 10.2 Å². The Morgan fingerprint density at radius 3 is 1.60 bits per heavy atom. The molecule has 2 N–H and O–H groups in total. The van der Waals surface area contributed by atoms with E-state index in [0.717, 1.165) is 0 Å². The SMILES string of the molecule is O=C(O)CCCC(=O)O.[H-].[Na+]. The van der Waals surface area contributed by atoms with Gasteiger partial charge in [-0.05, 0) is 6.42 Å². The molecule has 0 fully saturated rings. The second-order valence-corrected chi connectivity index (χ2v) is 1.64. The first kappa shape index (κ1) is 12.6. The molecule has 0 aromatic carbocycles. The molecule has 0 aromatic rings. The molecule has 0 bridgehead atoms. The summed E-state index contributed by atoms with van der Waals surface area (Å²) in [6.45, 7) is 0. The Bertz CT molecular complexity index is 114. The molecule has 0 saturated carbocycles. The Balaban J connectivity index is -0.000000320. The molecule has 0 radical (unpaired) electrons. The average Bonchev–Trinajstić information content (AvgIpc) is 1.63. The van der Waals surface area contributed by atoms with Gasteiger partial charge in [-0.25, -0.2) is 0 Å².